The first-order chi connectivity index (χ1) is 9.60. The maximum atomic E-state index is 6.08. The number of thioether (sulfide) groups is 1. The Labute approximate surface area is 125 Å². The number of hydrogen-bond acceptors (Lipinski definition) is 2. The maximum absolute atomic E-state index is 6.08. The van der Waals surface area contributed by atoms with Crippen LogP contribution in [0.4, 0.5) is 0 Å². The molecule has 20 heavy (non-hydrogen) atoms. The van der Waals surface area contributed by atoms with Gasteiger partial charge in [-0.15, -0.1) is 11.8 Å². The molecule has 0 aromatic heterocycles. The average molecular weight is 284 g/mol. The van der Waals surface area contributed by atoms with Crippen molar-refractivity contribution in [3.8, 4) is 11.5 Å². The first kappa shape index (κ1) is 13.6. The molecular formula is C18H20OS. The Bertz CT molecular complexity index is 631. The van der Waals surface area contributed by atoms with E-state index in [1.54, 1.807) is 0 Å². The van der Waals surface area contributed by atoms with Crippen LogP contribution in [0, 0.1) is 0 Å². The van der Waals surface area contributed by atoms with E-state index in [0.29, 0.717) is 0 Å². The predicted octanol–water partition coefficient (Wildman–Crippen LogP) is 5.77. The lowest BCUT2D eigenvalue weighted by Gasteiger charge is -2.24. The summed E-state index contributed by atoms with van der Waals surface area (Å²) >= 11 is 1.87. The zero-order chi connectivity index (χ0) is 14.2. The zero-order valence-electron chi connectivity index (χ0n) is 12.3. The van der Waals surface area contributed by atoms with E-state index in [0.717, 1.165) is 23.7 Å². The van der Waals surface area contributed by atoms with E-state index in [2.05, 4.69) is 57.2 Å². The van der Waals surface area contributed by atoms with E-state index in [9.17, 15) is 0 Å². The van der Waals surface area contributed by atoms with Crippen molar-refractivity contribution in [1.82, 2.24) is 0 Å². The van der Waals surface area contributed by atoms with Gasteiger partial charge in [0, 0.05) is 11.3 Å². The molecule has 0 radical (unpaired) electrons. The first-order valence-corrected chi connectivity index (χ1v) is 8.12. The summed E-state index contributed by atoms with van der Waals surface area (Å²) < 4.78 is 6.08. The van der Waals surface area contributed by atoms with Crippen molar-refractivity contribution in [2.75, 3.05) is 0 Å². The van der Waals surface area contributed by atoms with Crippen molar-refractivity contribution in [1.29, 1.82) is 0 Å². The summed E-state index contributed by atoms with van der Waals surface area (Å²) in [5.74, 6) is 2.94. The lowest BCUT2D eigenvalue weighted by Crippen LogP contribution is -2.15. The van der Waals surface area contributed by atoms with E-state index in [1.165, 1.54) is 16.0 Å². The summed E-state index contributed by atoms with van der Waals surface area (Å²) in [6, 6.07) is 14.9. The summed E-state index contributed by atoms with van der Waals surface area (Å²) in [7, 11) is 0. The summed E-state index contributed by atoms with van der Waals surface area (Å²) in [4.78, 5) is 1.25. The van der Waals surface area contributed by atoms with Crippen molar-refractivity contribution in [2.24, 2.45) is 0 Å². The molecule has 1 nitrogen and oxygen atoms in total. The highest BCUT2D eigenvalue weighted by Crippen LogP contribution is 2.43. The van der Waals surface area contributed by atoms with Crippen LogP contribution in [0.3, 0.4) is 0 Å². The number of rotatable bonds is 2. The average Bonchev–Trinajstić information content (AvgIpc) is 2.65. The Morgan fingerprint density at radius 3 is 2.70 bits per heavy atom. The van der Waals surface area contributed by atoms with Gasteiger partial charge in [0.2, 0.25) is 0 Å². The van der Waals surface area contributed by atoms with Gasteiger partial charge in [-0.2, -0.15) is 0 Å². The van der Waals surface area contributed by atoms with Crippen molar-refractivity contribution < 1.29 is 4.74 Å². The van der Waals surface area contributed by atoms with E-state index in [4.69, 9.17) is 4.74 Å². The summed E-state index contributed by atoms with van der Waals surface area (Å²) in [5, 5.41) is 0. The van der Waals surface area contributed by atoms with Crippen molar-refractivity contribution >= 4 is 11.8 Å². The Balaban J connectivity index is 1.99. The fourth-order valence-electron chi connectivity index (χ4n) is 2.33. The number of para-hydroxylation sites is 1. The first-order valence-electron chi connectivity index (χ1n) is 7.13. The van der Waals surface area contributed by atoms with Crippen LogP contribution >= 0.6 is 11.8 Å². The molecule has 2 aromatic rings. The second-order valence-electron chi connectivity index (χ2n) is 5.90. The quantitative estimate of drug-likeness (QED) is 0.692. The Morgan fingerprint density at radius 1 is 1.10 bits per heavy atom. The van der Waals surface area contributed by atoms with Crippen LogP contribution in [0.2, 0.25) is 0 Å². The molecule has 0 fully saturated rings. The van der Waals surface area contributed by atoms with E-state index in [-0.39, 0.29) is 5.41 Å². The van der Waals surface area contributed by atoms with Crippen LogP contribution in [0.15, 0.2) is 47.4 Å². The minimum absolute atomic E-state index is 0.217. The summed E-state index contributed by atoms with van der Waals surface area (Å²) in [6.45, 7) is 6.84. The van der Waals surface area contributed by atoms with Crippen molar-refractivity contribution in [3.63, 3.8) is 0 Å². The SMILES string of the molecule is CCC(C)(C)c1ccc2c(c1)SCc1ccccc1O2. The molecule has 0 N–H and O–H groups in total. The highest BCUT2D eigenvalue weighted by Gasteiger charge is 2.21. The van der Waals surface area contributed by atoms with Gasteiger partial charge in [-0.3, -0.25) is 0 Å². The molecule has 0 saturated heterocycles. The molecule has 0 aliphatic carbocycles. The van der Waals surface area contributed by atoms with Gasteiger partial charge in [0.25, 0.3) is 0 Å². The standard InChI is InChI=1S/C18H20OS/c1-4-18(2,3)14-9-10-16-17(11-14)20-12-13-7-5-6-8-15(13)19-16/h5-11H,4,12H2,1-3H3. The molecule has 0 unspecified atom stereocenters. The van der Waals surface area contributed by atoms with Gasteiger partial charge in [0.05, 0.1) is 4.90 Å². The molecule has 0 spiro atoms. The molecule has 104 valence electrons. The van der Waals surface area contributed by atoms with Gasteiger partial charge in [0.15, 0.2) is 0 Å². The molecule has 1 aliphatic rings. The smallest absolute Gasteiger partial charge is 0.141 e. The van der Waals surface area contributed by atoms with E-state index < -0.39 is 0 Å². The Hall–Kier alpha value is -1.41. The Kier molecular flexibility index (Phi) is 3.51. The number of hydrogen-bond donors (Lipinski definition) is 0. The largest absolute Gasteiger partial charge is 0.456 e. The molecular weight excluding hydrogens is 264 g/mol. The van der Waals surface area contributed by atoms with Gasteiger partial charge in [0.1, 0.15) is 11.5 Å². The zero-order valence-corrected chi connectivity index (χ0v) is 13.1. The fraction of sp³-hybridized carbons (Fsp3) is 0.333. The minimum atomic E-state index is 0.217. The third kappa shape index (κ3) is 2.45. The summed E-state index contributed by atoms with van der Waals surface area (Å²) in [6.07, 6.45) is 1.14. The van der Waals surface area contributed by atoms with Gasteiger partial charge in [-0.1, -0.05) is 45.0 Å². The second kappa shape index (κ2) is 5.17. The van der Waals surface area contributed by atoms with Crippen molar-refractivity contribution in [3.05, 3.63) is 53.6 Å². The lowest BCUT2D eigenvalue weighted by molar-refractivity contribution is 0.465. The van der Waals surface area contributed by atoms with Gasteiger partial charge in [-0.05, 0) is 35.6 Å². The molecule has 1 aliphatic heterocycles. The number of ether oxygens (including phenoxy) is 1. The van der Waals surface area contributed by atoms with Gasteiger partial charge < -0.3 is 4.74 Å². The van der Waals surface area contributed by atoms with Gasteiger partial charge in [-0.25, -0.2) is 0 Å². The van der Waals surface area contributed by atoms with Crippen molar-refractivity contribution in [2.45, 2.75) is 43.3 Å². The van der Waals surface area contributed by atoms with Crippen LogP contribution in [0.5, 0.6) is 11.5 Å². The minimum Gasteiger partial charge on any atom is -0.456 e. The van der Waals surface area contributed by atoms with Crippen LogP contribution in [-0.4, -0.2) is 0 Å². The third-order valence-corrected chi connectivity index (χ3v) is 5.27. The number of benzene rings is 2. The maximum Gasteiger partial charge on any atom is 0.141 e. The summed E-state index contributed by atoms with van der Waals surface area (Å²) in [5.41, 5.74) is 2.88. The molecule has 0 saturated carbocycles. The molecule has 2 aromatic carbocycles. The monoisotopic (exact) mass is 284 g/mol. The molecule has 1 heterocycles. The van der Waals surface area contributed by atoms with Gasteiger partial charge >= 0.3 is 0 Å². The normalized spacial score (nSPS) is 13.9. The van der Waals surface area contributed by atoms with E-state index in [1.807, 2.05) is 17.8 Å². The lowest BCUT2D eigenvalue weighted by atomic mass is 9.82. The number of fused-ring (bicyclic) bond motifs is 2. The van der Waals surface area contributed by atoms with Crippen LogP contribution in [-0.2, 0) is 11.2 Å². The van der Waals surface area contributed by atoms with Crippen LogP contribution in [0.25, 0.3) is 0 Å². The topological polar surface area (TPSA) is 9.23 Å². The second-order valence-corrected chi connectivity index (χ2v) is 6.91. The Morgan fingerprint density at radius 2 is 1.90 bits per heavy atom. The molecule has 0 atom stereocenters. The van der Waals surface area contributed by atoms with Crippen LogP contribution < -0.4 is 4.74 Å². The van der Waals surface area contributed by atoms with E-state index >= 15 is 0 Å². The highest BCUT2D eigenvalue weighted by molar-refractivity contribution is 7.98. The highest BCUT2D eigenvalue weighted by atomic mass is 32.2. The molecule has 2 heteroatoms. The van der Waals surface area contributed by atoms with Crippen LogP contribution in [0.1, 0.15) is 38.3 Å². The predicted molar refractivity (Wildman–Crippen MR) is 85.8 cm³/mol. The molecule has 3 rings (SSSR count). The molecule has 0 bridgehead atoms. The fourth-order valence-corrected chi connectivity index (χ4v) is 3.34. The molecule has 0 amide bonds. The third-order valence-electron chi connectivity index (χ3n) is 4.18.